The number of halogens is 3. The summed E-state index contributed by atoms with van der Waals surface area (Å²) in [6.45, 7) is 3.03. The summed E-state index contributed by atoms with van der Waals surface area (Å²) in [6, 6.07) is 8.29. The molecule has 10 nitrogen and oxygen atoms in total. The lowest BCUT2D eigenvalue weighted by atomic mass is 10.1. The molecule has 2 aromatic carbocycles. The summed E-state index contributed by atoms with van der Waals surface area (Å²) in [5.74, 6) is -1.18. The van der Waals surface area contributed by atoms with Gasteiger partial charge in [0.2, 0.25) is 11.8 Å². The highest BCUT2D eigenvalue weighted by atomic mass is 35.5. The molecular formula is C26H27ClF2N6O4. The Morgan fingerprint density at radius 3 is 2.51 bits per heavy atom. The van der Waals surface area contributed by atoms with Crippen LogP contribution in [-0.2, 0) is 11.2 Å². The number of aromatic nitrogens is 3. The normalized spacial score (nSPS) is 10.7. The summed E-state index contributed by atoms with van der Waals surface area (Å²) in [7, 11) is 3.89. The van der Waals surface area contributed by atoms with Crippen LogP contribution in [0.15, 0.2) is 55.0 Å². The Morgan fingerprint density at radius 1 is 1.08 bits per heavy atom. The van der Waals surface area contributed by atoms with E-state index in [4.69, 9.17) is 9.47 Å². The van der Waals surface area contributed by atoms with Gasteiger partial charge in [-0.3, -0.25) is 10.1 Å². The van der Waals surface area contributed by atoms with E-state index in [1.807, 2.05) is 25.9 Å². The Morgan fingerprint density at radius 2 is 1.82 bits per heavy atom. The van der Waals surface area contributed by atoms with Gasteiger partial charge < -0.3 is 19.7 Å². The summed E-state index contributed by atoms with van der Waals surface area (Å²) >= 11 is 0. The number of fused-ring (bicyclic) bond motifs is 1. The van der Waals surface area contributed by atoms with Gasteiger partial charge in [-0.15, -0.1) is 12.4 Å². The third-order valence-corrected chi connectivity index (χ3v) is 5.47. The molecule has 2 N–H and O–H groups in total. The number of benzene rings is 2. The zero-order chi connectivity index (χ0) is 27.2. The molecule has 2 aromatic heterocycles. The van der Waals surface area contributed by atoms with Crippen molar-refractivity contribution in [3.63, 3.8) is 0 Å². The second-order valence-electron chi connectivity index (χ2n) is 8.68. The molecule has 39 heavy (non-hydrogen) atoms. The highest BCUT2D eigenvalue weighted by Crippen LogP contribution is 2.33. The van der Waals surface area contributed by atoms with E-state index >= 15 is 0 Å². The van der Waals surface area contributed by atoms with Gasteiger partial charge in [0, 0.05) is 23.9 Å². The van der Waals surface area contributed by atoms with Crippen LogP contribution >= 0.6 is 12.4 Å². The number of carbonyl (C=O) groups is 2. The zero-order valence-corrected chi connectivity index (χ0v) is 22.2. The van der Waals surface area contributed by atoms with Crippen LogP contribution in [0.5, 0.6) is 17.4 Å². The van der Waals surface area contributed by atoms with Gasteiger partial charge in [-0.1, -0.05) is 12.1 Å². The van der Waals surface area contributed by atoms with E-state index in [2.05, 4.69) is 20.7 Å². The van der Waals surface area contributed by atoms with Gasteiger partial charge in [0.25, 0.3) is 0 Å². The number of hydrogen-bond donors (Lipinski definition) is 2. The van der Waals surface area contributed by atoms with Crippen molar-refractivity contribution in [2.75, 3.05) is 32.6 Å². The average molecular weight is 561 g/mol. The fraction of sp³-hybridized carbons (Fsp3) is 0.231. The molecule has 3 amide bonds. The largest absolute Gasteiger partial charge is 0.490 e. The first-order valence-electron chi connectivity index (χ1n) is 11.6. The molecular weight excluding hydrogens is 534 g/mol. The smallest absolute Gasteiger partial charge is 0.325 e. The molecule has 0 aliphatic heterocycles. The quantitative estimate of drug-likeness (QED) is 0.313. The number of likely N-dealkylation sites (N-methyl/N-ethyl adjacent to an activating group) is 1. The lowest BCUT2D eigenvalue weighted by molar-refractivity contribution is -0.119. The lowest BCUT2D eigenvalue weighted by Crippen LogP contribution is -2.35. The predicted octanol–water partition coefficient (Wildman–Crippen LogP) is 4.36. The second kappa shape index (κ2) is 13.0. The van der Waals surface area contributed by atoms with Crippen molar-refractivity contribution < 1.29 is 27.8 Å². The van der Waals surface area contributed by atoms with Crippen LogP contribution < -0.4 is 20.1 Å². The zero-order valence-electron chi connectivity index (χ0n) is 21.4. The topological polar surface area (TPSA) is 110 Å². The molecule has 0 saturated carbocycles. The summed E-state index contributed by atoms with van der Waals surface area (Å²) in [5.41, 5.74) is 1.90. The number of nitrogens with zero attached hydrogens (tertiary/aromatic N) is 4. The number of ether oxygens (including phenoxy) is 2. The molecule has 206 valence electrons. The Balaban J connectivity index is 0.00000420. The van der Waals surface area contributed by atoms with Crippen LogP contribution in [0.1, 0.15) is 11.1 Å². The van der Waals surface area contributed by atoms with Crippen molar-refractivity contribution in [1.29, 1.82) is 0 Å². The first-order valence-corrected chi connectivity index (χ1v) is 11.6. The Hall–Kier alpha value is -4.29. The SMILES string of the molecule is Cc1c(OCCN(C)C)cn2ncnc(Oc3ccc(NC(=O)NC(=O)Cc4ccc(F)cc4)cc3F)c12.Cl. The van der Waals surface area contributed by atoms with Crippen molar-refractivity contribution in [3.05, 3.63) is 77.8 Å². The predicted molar refractivity (Wildman–Crippen MR) is 143 cm³/mol. The van der Waals surface area contributed by atoms with E-state index in [0.29, 0.717) is 23.4 Å². The minimum Gasteiger partial charge on any atom is -0.490 e. The van der Waals surface area contributed by atoms with Crippen LogP contribution in [0.25, 0.3) is 5.52 Å². The number of imide groups is 1. The number of amides is 3. The van der Waals surface area contributed by atoms with Crippen LogP contribution in [0.3, 0.4) is 0 Å². The van der Waals surface area contributed by atoms with Crippen molar-refractivity contribution in [2.24, 2.45) is 0 Å². The molecule has 0 saturated heterocycles. The molecule has 0 aliphatic carbocycles. The number of rotatable bonds is 9. The van der Waals surface area contributed by atoms with Crippen molar-refractivity contribution >= 4 is 35.5 Å². The molecule has 0 bridgehead atoms. The van der Waals surface area contributed by atoms with Crippen LogP contribution in [-0.4, -0.2) is 58.7 Å². The molecule has 4 aromatic rings. The van der Waals surface area contributed by atoms with E-state index in [9.17, 15) is 18.4 Å². The summed E-state index contributed by atoms with van der Waals surface area (Å²) in [4.78, 5) is 30.4. The Labute approximate surface area is 229 Å². The Kier molecular flexibility index (Phi) is 9.74. The van der Waals surface area contributed by atoms with Crippen LogP contribution in [0.2, 0.25) is 0 Å². The molecule has 0 radical (unpaired) electrons. The minimum absolute atomic E-state index is 0. The number of aryl methyl sites for hydroxylation is 1. The van der Waals surface area contributed by atoms with Crippen molar-refractivity contribution in [1.82, 2.24) is 24.8 Å². The fourth-order valence-corrected chi connectivity index (χ4v) is 3.55. The maximum absolute atomic E-state index is 14.8. The minimum atomic E-state index is -0.840. The molecule has 0 spiro atoms. The van der Waals surface area contributed by atoms with Gasteiger partial charge in [0.15, 0.2) is 11.6 Å². The summed E-state index contributed by atoms with van der Waals surface area (Å²) < 4.78 is 41.0. The first-order chi connectivity index (χ1) is 18.2. The summed E-state index contributed by atoms with van der Waals surface area (Å²) in [6.07, 6.45) is 2.87. The first kappa shape index (κ1) is 29.3. The van der Waals surface area contributed by atoms with Crippen LogP contribution in [0.4, 0.5) is 19.3 Å². The standard InChI is InChI=1S/C26H26F2N6O4.ClH/c1-16-22(37-11-10-33(2)3)14-34-24(16)25(29-15-30-34)38-21-9-8-19(13-20(21)28)31-26(36)32-23(35)12-17-4-6-18(27)7-5-17;/h4-9,13-15H,10-12H2,1-3H3,(H2,31,32,35,36);1H. The van der Waals surface area contributed by atoms with Gasteiger partial charge >= 0.3 is 6.03 Å². The van der Waals surface area contributed by atoms with E-state index < -0.39 is 23.6 Å². The van der Waals surface area contributed by atoms with E-state index in [0.717, 1.165) is 18.2 Å². The number of carbonyl (C=O) groups excluding carboxylic acids is 2. The van der Waals surface area contributed by atoms with Gasteiger partial charge in [-0.25, -0.2) is 18.1 Å². The van der Waals surface area contributed by atoms with Crippen LogP contribution in [0, 0.1) is 18.6 Å². The molecule has 13 heteroatoms. The van der Waals surface area contributed by atoms with E-state index in [-0.39, 0.29) is 36.1 Å². The van der Waals surface area contributed by atoms with Gasteiger partial charge in [-0.2, -0.15) is 10.1 Å². The van der Waals surface area contributed by atoms with E-state index in [1.54, 1.807) is 10.7 Å². The monoisotopic (exact) mass is 560 g/mol. The maximum Gasteiger partial charge on any atom is 0.325 e. The van der Waals surface area contributed by atoms with Gasteiger partial charge in [-0.05, 0) is 50.8 Å². The number of nitrogens with one attached hydrogen (secondary N) is 2. The third-order valence-electron chi connectivity index (χ3n) is 5.47. The number of anilines is 1. The molecule has 2 heterocycles. The third kappa shape index (κ3) is 7.62. The lowest BCUT2D eigenvalue weighted by Gasteiger charge is -2.11. The van der Waals surface area contributed by atoms with Gasteiger partial charge in [0.05, 0.1) is 12.6 Å². The van der Waals surface area contributed by atoms with Crippen molar-refractivity contribution in [3.8, 4) is 17.4 Å². The second-order valence-corrected chi connectivity index (χ2v) is 8.68. The molecule has 0 unspecified atom stereocenters. The average Bonchev–Trinajstić information content (AvgIpc) is 3.18. The molecule has 0 aliphatic rings. The highest BCUT2D eigenvalue weighted by Gasteiger charge is 2.17. The number of urea groups is 1. The van der Waals surface area contributed by atoms with Gasteiger partial charge in [0.1, 0.15) is 30.0 Å². The highest BCUT2D eigenvalue weighted by molar-refractivity contribution is 6.01. The molecule has 0 atom stereocenters. The Bertz CT molecular complexity index is 1460. The molecule has 4 rings (SSSR count). The maximum atomic E-state index is 14.8. The van der Waals surface area contributed by atoms with E-state index in [1.165, 1.54) is 42.7 Å². The fourth-order valence-electron chi connectivity index (χ4n) is 3.55. The summed E-state index contributed by atoms with van der Waals surface area (Å²) in [5, 5.41) is 8.71. The molecule has 0 fully saturated rings. The number of hydrogen-bond acceptors (Lipinski definition) is 7. The van der Waals surface area contributed by atoms with Crippen molar-refractivity contribution in [2.45, 2.75) is 13.3 Å².